The molecule has 6 nitrogen and oxygen atoms in total. The van der Waals surface area contributed by atoms with Crippen molar-refractivity contribution in [2.24, 2.45) is 28.1 Å². The van der Waals surface area contributed by atoms with Crippen LogP contribution >= 0.6 is 11.6 Å². The Bertz CT molecular complexity index is 790. The number of rotatable bonds is 6. The molecule has 0 aromatic heterocycles. The molecular formula is C20H26ClN5O. The molecule has 1 saturated heterocycles. The maximum absolute atomic E-state index is 12.3. The van der Waals surface area contributed by atoms with Crippen molar-refractivity contribution in [2.45, 2.75) is 25.7 Å². The van der Waals surface area contributed by atoms with Gasteiger partial charge in [-0.3, -0.25) is 9.79 Å². The first kappa shape index (κ1) is 19.3. The van der Waals surface area contributed by atoms with Crippen LogP contribution < -0.4 is 17.2 Å². The number of hydrogen-bond acceptors (Lipinski definition) is 4. The van der Waals surface area contributed by atoms with E-state index < -0.39 is 0 Å². The van der Waals surface area contributed by atoms with Gasteiger partial charge in [0.1, 0.15) is 12.4 Å². The van der Waals surface area contributed by atoms with E-state index in [2.05, 4.69) is 4.99 Å². The topological polar surface area (TPSA) is 111 Å². The molecule has 144 valence electrons. The fourth-order valence-electron chi connectivity index (χ4n) is 3.16. The van der Waals surface area contributed by atoms with Crippen LogP contribution in [0.3, 0.4) is 0 Å². The van der Waals surface area contributed by atoms with E-state index in [1.807, 2.05) is 30.3 Å². The largest absolute Gasteiger partial charge is 0.401 e. The summed E-state index contributed by atoms with van der Waals surface area (Å²) in [7, 11) is 0. The third kappa shape index (κ3) is 4.63. The lowest BCUT2D eigenvalue weighted by Crippen LogP contribution is -2.31. The fourth-order valence-corrected chi connectivity index (χ4v) is 3.48. The molecule has 0 radical (unpaired) electrons. The second-order valence-corrected chi connectivity index (χ2v) is 7.37. The monoisotopic (exact) mass is 387 g/mol. The van der Waals surface area contributed by atoms with Crippen molar-refractivity contribution in [1.29, 1.82) is 0 Å². The number of nitrogens with zero attached hydrogens (tertiary/aromatic N) is 2. The van der Waals surface area contributed by atoms with Gasteiger partial charge in [-0.15, -0.1) is 0 Å². The molecule has 3 rings (SSSR count). The number of carbonyl (C=O) groups is 1. The Hall–Kier alpha value is -2.47. The summed E-state index contributed by atoms with van der Waals surface area (Å²) >= 11 is 6.60. The lowest BCUT2D eigenvalue weighted by atomic mass is 10.0. The summed E-state index contributed by atoms with van der Waals surface area (Å²) in [4.78, 5) is 18.4. The molecule has 6 N–H and O–H groups in total. The highest BCUT2D eigenvalue weighted by molar-refractivity contribution is 6.38. The SMILES string of the molecule is NC(=NCC(=O)N1CCCC1)C(=C(N)C1CC1)/C(Cl)=C(\N)c1ccccc1. The van der Waals surface area contributed by atoms with Gasteiger partial charge >= 0.3 is 0 Å². The van der Waals surface area contributed by atoms with Crippen LogP contribution in [0.1, 0.15) is 31.2 Å². The van der Waals surface area contributed by atoms with Crippen LogP contribution in [0.2, 0.25) is 0 Å². The number of amidine groups is 1. The first-order chi connectivity index (χ1) is 13.0. The third-order valence-corrected chi connectivity index (χ3v) is 5.34. The zero-order chi connectivity index (χ0) is 19.4. The second-order valence-electron chi connectivity index (χ2n) is 6.99. The molecule has 2 fully saturated rings. The maximum atomic E-state index is 12.3. The van der Waals surface area contributed by atoms with Gasteiger partial charge in [0.25, 0.3) is 0 Å². The average Bonchev–Trinajstić information content (AvgIpc) is 3.40. The van der Waals surface area contributed by atoms with Gasteiger partial charge in [0.05, 0.1) is 16.3 Å². The Labute approximate surface area is 164 Å². The van der Waals surface area contributed by atoms with Crippen LogP contribution in [0.4, 0.5) is 0 Å². The van der Waals surface area contributed by atoms with Gasteiger partial charge in [0.15, 0.2) is 0 Å². The summed E-state index contributed by atoms with van der Waals surface area (Å²) in [5.74, 6) is 0.368. The van der Waals surface area contributed by atoms with Gasteiger partial charge in [-0.1, -0.05) is 41.9 Å². The van der Waals surface area contributed by atoms with Crippen LogP contribution in [-0.2, 0) is 4.79 Å². The molecule has 1 aromatic rings. The number of benzene rings is 1. The molecule has 7 heteroatoms. The molecule has 1 heterocycles. The molecule has 0 bridgehead atoms. The minimum absolute atomic E-state index is 0.0112. The summed E-state index contributed by atoms with van der Waals surface area (Å²) in [6, 6.07) is 9.40. The second kappa shape index (κ2) is 8.48. The van der Waals surface area contributed by atoms with Gasteiger partial charge in [-0.2, -0.15) is 0 Å². The Morgan fingerprint density at radius 1 is 1.11 bits per heavy atom. The van der Waals surface area contributed by atoms with E-state index in [1.54, 1.807) is 4.90 Å². The lowest BCUT2D eigenvalue weighted by Gasteiger charge is -2.16. The van der Waals surface area contributed by atoms with Crippen molar-refractivity contribution in [2.75, 3.05) is 19.6 Å². The number of nitrogens with two attached hydrogens (primary N) is 3. The summed E-state index contributed by atoms with van der Waals surface area (Å²) < 4.78 is 0. The number of aliphatic imine (C=N–C) groups is 1. The Morgan fingerprint density at radius 2 is 1.74 bits per heavy atom. The molecule has 1 aliphatic heterocycles. The normalized spacial score (nSPS) is 19.6. The van der Waals surface area contributed by atoms with E-state index in [9.17, 15) is 4.79 Å². The van der Waals surface area contributed by atoms with Crippen LogP contribution in [-0.4, -0.2) is 36.3 Å². The van der Waals surface area contributed by atoms with Gasteiger partial charge < -0.3 is 22.1 Å². The quantitative estimate of drug-likeness (QED) is 0.394. The van der Waals surface area contributed by atoms with Crippen molar-refractivity contribution in [1.82, 2.24) is 4.90 Å². The molecule has 0 unspecified atom stereocenters. The molecule has 1 aromatic carbocycles. The Balaban J connectivity index is 1.88. The van der Waals surface area contributed by atoms with Gasteiger partial charge in [0.2, 0.25) is 5.91 Å². The van der Waals surface area contributed by atoms with Crippen molar-refractivity contribution in [3.63, 3.8) is 0 Å². The summed E-state index contributed by atoms with van der Waals surface area (Å²) in [5.41, 5.74) is 21.0. The first-order valence-corrected chi connectivity index (χ1v) is 9.65. The summed E-state index contributed by atoms with van der Waals surface area (Å²) in [6.07, 6.45) is 4.05. The van der Waals surface area contributed by atoms with Crippen LogP contribution in [0.25, 0.3) is 5.70 Å². The number of carbonyl (C=O) groups excluding carboxylic acids is 1. The Morgan fingerprint density at radius 3 is 2.33 bits per heavy atom. The van der Waals surface area contributed by atoms with Gasteiger partial charge in [-0.05, 0) is 37.2 Å². The van der Waals surface area contributed by atoms with Crippen molar-refractivity contribution >= 4 is 29.0 Å². The van der Waals surface area contributed by atoms with E-state index in [-0.39, 0.29) is 29.2 Å². The lowest BCUT2D eigenvalue weighted by molar-refractivity contribution is -0.128. The Kier molecular flexibility index (Phi) is 6.06. The zero-order valence-electron chi connectivity index (χ0n) is 15.3. The minimum atomic E-state index is -0.0315. The summed E-state index contributed by atoms with van der Waals surface area (Å²) in [5, 5.41) is 0.278. The molecule has 0 atom stereocenters. The zero-order valence-corrected chi connectivity index (χ0v) is 16.1. The number of likely N-dealkylation sites (tertiary alicyclic amines) is 1. The molecule has 1 aliphatic carbocycles. The fraction of sp³-hybridized carbons (Fsp3) is 0.400. The van der Waals surface area contributed by atoms with Crippen molar-refractivity contribution in [3.05, 3.63) is 52.2 Å². The van der Waals surface area contributed by atoms with Gasteiger partial charge in [-0.25, -0.2) is 0 Å². The van der Waals surface area contributed by atoms with Crippen molar-refractivity contribution in [3.8, 4) is 0 Å². The molecule has 0 spiro atoms. The van der Waals surface area contributed by atoms with Crippen LogP contribution in [0.15, 0.2) is 51.6 Å². The first-order valence-electron chi connectivity index (χ1n) is 9.27. The van der Waals surface area contributed by atoms with E-state index in [0.717, 1.165) is 44.3 Å². The predicted octanol–water partition coefficient (Wildman–Crippen LogP) is 2.16. The van der Waals surface area contributed by atoms with E-state index in [1.165, 1.54) is 0 Å². The van der Waals surface area contributed by atoms with Gasteiger partial charge in [0, 0.05) is 18.8 Å². The van der Waals surface area contributed by atoms with Crippen LogP contribution in [0, 0.1) is 5.92 Å². The maximum Gasteiger partial charge on any atom is 0.244 e. The number of amides is 1. The van der Waals surface area contributed by atoms with Crippen LogP contribution in [0.5, 0.6) is 0 Å². The molecule has 2 aliphatic rings. The van der Waals surface area contributed by atoms with E-state index in [0.29, 0.717) is 17.0 Å². The number of hydrogen-bond donors (Lipinski definition) is 3. The van der Waals surface area contributed by atoms with E-state index >= 15 is 0 Å². The highest BCUT2D eigenvalue weighted by Gasteiger charge is 2.29. The number of allylic oxidation sites excluding steroid dienone is 1. The molecule has 1 amide bonds. The molecule has 1 saturated carbocycles. The number of halogens is 1. The minimum Gasteiger partial charge on any atom is -0.401 e. The van der Waals surface area contributed by atoms with Crippen molar-refractivity contribution < 1.29 is 4.79 Å². The predicted molar refractivity (Wildman–Crippen MR) is 110 cm³/mol. The smallest absolute Gasteiger partial charge is 0.244 e. The van der Waals surface area contributed by atoms with E-state index in [4.69, 9.17) is 28.8 Å². The standard InChI is InChI=1S/C20H26ClN5O/c21-17(19(23)13-6-2-1-3-7-13)16(18(22)14-8-9-14)20(24)25-12-15(27)26-10-4-5-11-26/h1-3,6-7,14H,4-5,8-12,22-23H2,(H2,24,25)/b18-16?,19-17+. The summed E-state index contributed by atoms with van der Waals surface area (Å²) in [6.45, 7) is 1.55. The third-order valence-electron chi connectivity index (χ3n) is 4.95. The average molecular weight is 388 g/mol. The molecule has 27 heavy (non-hydrogen) atoms. The highest BCUT2D eigenvalue weighted by atomic mass is 35.5. The molecular weight excluding hydrogens is 362 g/mol. The highest BCUT2D eigenvalue weighted by Crippen LogP contribution is 2.38.